The van der Waals surface area contributed by atoms with Crippen LogP contribution in [0.2, 0.25) is 0 Å². The van der Waals surface area contributed by atoms with Crippen LogP contribution in [0.15, 0.2) is 29.8 Å². The van der Waals surface area contributed by atoms with Gasteiger partial charge in [0.15, 0.2) is 5.78 Å². The second kappa shape index (κ2) is 6.04. The van der Waals surface area contributed by atoms with Crippen LogP contribution in [0.1, 0.15) is 56.0 Å². The van der Waals surface area contributed by atoms with Crippen LogP contribution in [0.4, 0.5) is 0 Å². The van der Waals surface area contributed by atoms with Gasteiger partial charge < -0.3 is 5.32 Å². The first-order valence-corrected chi connectivity index (χ1v) is 7.24. The minimum absolute atomic E-state index is 0.0268. The quantitative estimate of drug-likeness (QED) is 0.835. The van der Waals surface area contributed by atoms with Crippen LogP contribution < -0.4 is 5.32 Å². The van der Waals surface area contributed by atoms with E-state index in [9.17, 15) is 9.59 Å². The van der Waals surface area contributed by atoms with Crippen molar-refractivity contribution in [3.63, 3.8) is 0 Å². The summed E-state index contributed by atoms with van der Waals surface area (Å²) < 4.78 is 0. The Kier molecular flexibility index (Phi) is 4.38. The highest BCUT2D eigenvalue weighted by molar-refractivity contribution is 6.34. The minimum atomic E-state index is -0.243. The summed E-state index contributed by atoms with van der Waals surface area (Å²) in [6, 6.07) is 7.53. The zero-order valence-corrected chi connectivity index (χ0v) is 12.3. The first kappa shape index (κ1) is 14.5. The summed E-state index contributed by atoms with van der Waals surface area (Å²) in [5.41, 5.74) is 2.84. The summed E-state index contributed by atoms with van der Waals surface area (Å²) in [6.07, 6.45) is 2.80. The summed E-state index contributed by atoms with van der Waals surface area (Å²) in [4.78, 5) is 24.8. The molecule has 1 aromatic carbocycles. The lowest BCUT2D eigenvalue weighted by Gasteiger charge is -2.10. The van der Waals surface area contributed by atoms with Crippen LogP contribution >= 0.6 is 0 Å². The molecule has 0 radical (unpaired) electrons. The zero-order valence-electron chi connectivity index (χ0n) is 12.3. The molecule has 1 aromatic rings. The number of carbonyl (C=O) groups excluding carboxylic acids is 2. The molecule has 0 atom stereocenters. The molecule has 0 fully saturated rings. The molecule has 0 saturated carbocycles. The molecule has 0 heterocycles. The van der Waals surface area contributed by atoms with Crippen molar-refractivity contribution in [2.24, 2.45) is 0 Å². The van der Waals surface area contributed by atoms with Gasteiger partial charge in [-0.15, -0.1) is 0 Å². The Morgan fingerprint density at radius 1 is 1.20 bits per heavy atom. The van der Waals surface area contributed by atoms with E-state index in [4.69, 9.17) is 0 Å². The predicted molar refractivity (Wildman–Crippen MR) is 80.5 cm³/mol. The molecule has 0 unspecified atom stereocenters. The molecule has 2 rings (SSSR count). The topological polar surface area (TPSA) is 46.2 Å². The number of hydrogen-bond donors (Lipinski definition) is 1. The van der Waals surface area contributed by atoms with Gasteiger partial charge >= 0.3 is 0 Å². The van der Waals surface area contributed by atoms with Crippen molar-refractivity contribution in [3.8, 4) is 0 Å². The molecule has 0 aromatic heterocycles. The van der Waals surface area contributed by atoms with Crippen molar-refractivity contribution in [2.75, 3.05) is 0 Å². The number of ketones is 1. The average Bonchev–Trinajstić information content (AvgIpc) is 2.69. The lowest BCUT2D eigenvalue weighted by atomic mass is 9.99. The Bertz CT molecular complexity index is 570. The lowest BCUT2D eigenvalue weighted by Crippen LogP contribution is -2.33. The van der Waals surface area contributed by atoms with Crippen LogP contribution in [0.5, 0.6) is 0 Å². The van der Waals surface area contributed by atoms with Gasteiger partial charge in [-0.05, 0) is 37.8 Å². The van der Waals surface area contributed by atoms with Crippen molar-refractivity contribution in [2.45, 2.75) is 46.1 Å². The molecule has 1 N–H and O–H groups in total. The van der Waals surface area contributed by atoms with E-state index in [2.05, 4.69) is 12.2 Å². The van der Waals surface area contributed by atoms with Gasteiger partial charge in [0.2, 0.25) is 0 Å². The number of benzene rings is 1. The highest BCUT2D eigenvalue weighted by Crippen LogP contribution is 2.36. The van der Waals surface area contributed by atoms with Crippen LogP contribution in [0.3, 0.4) is 0 Å². The van der Waals surface area contributed by atoms with E-state index in [0.29, 0.717) is 11.1 Å². The molecule has 106 valence electrons. The van der Waals surface area contributed by atoms with Crippen LogP contribution in [0.25, 0.3) is 5.57 Å². The molecule has 1 aliphatic carbocycles. The fraction of sp³-hybridized carbons (Fsp3) is 0.412. The summed E-state index contributed by atoms with van der Waals surface area (Å²) in [5.74, 6) is -0.378. The second-order valence-corrected chi connectivity index (χ2v) is 5.46. The number of carbonyl (C=O) groups is 2. The smallest absolute Gasteiger partial charge is 0.255 e. The molecule has 20 heavy (non-hydrogen) atoms. The Balaban J connectivity index is 2.43. The van der Waals surface area contributed by atoms with Crippen molar-refractivity contribution < 1.29 is 9.59 Å². The molecule has 3 nitrogen and oxygen atoms in total. The third kappa shape index (κ3) is 2.67. The van der Waals surface area contributed by atoms with E-state index in [-0.39, 0.29) is 17.7 Å². The van der Waals surface area contributed by atoms with Crippen molar-refractivity contribution >= 4 is 17.3 Å². The third-order valence-electron chi connectivity index (χ3n) is 3.45. The monoisotopic (exact) mass is 271 g/mol. The maximum Gasteiger partial charge on any atom is 0.255 e. The standard InChI is InChI=1S/C17H21NO2/c1-4-5-8-13-12-9-6-7-10-14(12)16(19)15(13)17(20)18-11(2)3/h6-7,9-11H,4-5,8H2,1-3H3,(H,18,20). The van der Waals surface area contributed by atoms with E-state index in [1.807, 2.05) is 32.0 Å². The van der Waals surface area contributed by atoms with Crippen molar-refractivity contribution in [1.29, 1.82) is 0 Å². The third-order valence-corrected chi connectivity index (χ3v) is 3.45. The highest BCUT2D eigenvalue weighted by Gasteiger charge is 2.33. The number of rotatable bonds is 5. The number of amides is 1. The molecule has 0 bridgehead atoms. The number of fused-ring (bicyclic) bond motifs is 1. The zero-order chi connectivity index (χ0) is 14.7. The number of unbranched alkanes of at least 4 members (excludes halogenated alkanes) is 1. The van der Waals surface area contributed by atoms with Gasteiger partial charge in [-0.2, -0.15) is 0 Å². The number of nitrogens with one attached hydrogen (secondary N) is 1. The molecular weight excluding hydrogens is 250 g/mol. The highest BCUT2D eigenvalue weighted by atomic mass is 16.2. The molecule has 0 saturated heterocycles. The second-order valence-electron chi connectivity index (χ2n) is 5.46. The largest absolute Gasteiger partial charge is 0.350 e. The van der Waals surface area contributed by atoms with E-state index in [0.717, 1.165) is 30.4 Å². The van der Waals surface area contributed by atoms with Crippen LogP contribution in [-0.4, -0.2) is 17.7 Å². The molecule has 1 aliphatic rings. The van der Waals surface area contributed by atoms with Gasteiger partial charge in [0.1, 0.15) is 0 Å². The maximum atomic E-state index is 12.5. The summed E-state index contributed by atoms with van der Waals surface area (Å²) >= 11 is 0. The minimum Gasteiger partial charge on any atom is -0.350 e. The van der Waals surface area contributed by atoms with Gasteiger partial charge in [0, 0.05) is 11.6 Å². The summed E-state index contributed by atoms with van der Waals surface area (Å²) in [7, 11) is 0. The number of allylic oxidation sites excluding steroid dienone is 1. The van der Waals surface area contributed by atoms with Crippen molar-refractivity contribution in [1.82, 2.24) is 5.32 Å². The summed E-state index contributed by atoms with van der Waals surface area (Å²) in [5, 5.41) is 2.84. The van der Waals surface area contributed by atoms with Gasteiger partial charge in [-0.1, -0.05) is 37.6 Å². The number of Topliss-reactive ketones (excluding diaryl/α,β-unsaturated/α-hetero) is 1. The summed E-state index contributed by atoms with van der Waals surface area (Å²) in [6.45, 7) is 5.91. The van der Waals surface area contributed by atoms with Gasteiger partial charge in [0.05, 0.1) is 5.57 Å². The fourth-order valence-corrected chi connectivity index (χ4v) is 2.54. The van der Waals surface area contributed by atoms with Crippen molar-refractivity contribution in [3.05, 3.63) is 41.0 Å². The number of hydrogen-bond acceptors (Lipinski definition) is 2. The van der Waals surface area contributed by atoms with E-state index < -0.39 is 0 Å². The van der Waals surface area contributed by atoms with E-state index >= 15 is 0 Å². The van der Waals surface area contributed by atoms with Crippen LogP contribution in [0, 0.1) is 0 Å². The average molecular weight is 271 g/mol. The Labute approximate surface area is 120 Å². The molecule has 1 amide bonds. The van der Waals surface area contributed by atoms with Gasteiger partial charge in [0.25, 0.3) is 5.91 Å². The molecule has 0 aliphatic heterocycles. The fourth-order valence-electron chi connectivity index (χ4n) is 2.54. The molecule has 0 spiro atoms. The van der Waals surface area contributed by atoms with E-state index in [1.165, 1.54) is 0 Å². The van der Waals surface area contributed by atoms with Gasteiger partial charge in [-0.25, -0.2) is 0 Å². The first-order valence-electron chi connectivity index (χ1n) is 7.24. The lowest BCUT2D eigenvalue weighted by molar-refractivity contribution is -0.117. The Morgan fingerprint density at radius 2 is 1.85 bits per heavy atom. The van der Waals surface area contributed by atoms with E-state index in [1.54, 1.807) is 6.07 Å². The van der Waals surface area contributed by atoms with Gasteiger partial charge in [-0.3, -0.25) is 9.59 Å². The SMILES string of the molecule is CCCCC1=C(C(=O)NC(C)C)C(=O)c2ccccc21. The predicted octanol–water partition coefficient (Wildman–Crippen LogP) is 3.35. The Morgan fingerprint density at radius 3 is 2.45 bits per heavy atom. The first-order chi connectivity index (χ1) is 9.56. The van der Waals surface area contributed by atoms with Crippen LogP contribution in [-0.2, 0) is 4.79 Å². The molecular formula is C17H21NO2. The molecule has 3 heteroatoms. The maximum absolute atomic E-state index is 12.5. The normalized spacial score (nSPS) is 13.9. The Hall–Kier alpha value is -1.90.